The van der Waals surface area contributed by atoms with Gasteiger partial charge >= 0.3 is 25.2 Å². The Hall–Kier alpha value is -1.20. The first-order valence-electron chi connectivity index (χ1n) is 7.29. The van der Waals surface area contributed by atoms with Gasteiger partial charge in [0.15, 0.2) is 5.76 Å². The number of hydrogen-bond acceptors (Lipinski definition) is 3. The molecule has 2 rings (SSSR count). The molecule has 0 saturated carbocycles. The zero-order valence-corrected chi connectivity index (χ0v) is 21.3. The molecule has 6 nitrogen and oxygen atoms in total. The van der Waals surface area contributed by atoms with Gasteiger partial charge in [0.05, 0.1) is 19.3 Å². The van der Waals surface area contributed by atoms with Gasteiger partial charge in [-0.25, -0.2) is 4.99 Å². The van der Waals surface area contributed by atoms with Crippen molar-refractivity contribution in [2.24, 2.45) is 4.99 Å². The molecule has 1 aliphatic carbocycles. The monoisotopic (exact) mass is 516 g/mol. The summed E-state index contributed by atoms with van der Waals surface area (Å²) >= 11 is 0. The van der Waals surface area contributed by atoms with Crippen molar-refractivity contribution in [2.75, 3.05) is 13.2 Å². The molecule has 1 amide bonds. The number of benzene rings is 1. The van der Waals surface area contributed by atoms with Crippen LogP contribution < -0.4 is 37.2 Å². The third-order valence-corrected chi connectivity index (χ3v) is 2.99. The Labute approximate surface area is 201 Å². The van der Waals surface area contributed by atoms with E-state index >= 15 is 0 Å². The first-order valence-corrected chi connectivity index (χ1v) is 7.29. The Morgan fingerprint density at radius 1 is 1.00 bits per heavy atom. The van der Waals surface area contributed by atoms with E-state index in [4.69, 9.17) is 15.0 Å². The second kappa shape index (κ2) is 17.9. The molecule has 28 heavy (non-hydrogen) atoms. The van der Waals surface area contributed by atoms with Crippen molar-refractivity contribution in [3.8, 4) is 0 Å². The Morgan fingerprint density at radius 2 is 1.54 bits per heavy atom. The van der Waals surface area contributed by atoms with E-state index in [0.717, 1.165) is 0 Å². The van der Waals surface area contributed by atoms with E-state index in [1.807, 2.05) is 19.9 Å². The van der Waals surface area contributed by atoms with Gasteiger partial charge in [-0.05, 0) is 26.0 Å². The average molecular weight is 520 g/mol. The van der Waals surface area contributed by atoms with Crippen LogP contribution in [0.5, 0.6) is 0 Å². The quantitative estimate of drug-likeness (QED) is 0.168. The van der Waals surface area contributed by atoms with E-state index < -0.39 is 0 Å². The summed E-state index contributed by atoms with van der Waals surface area (Å²) in [4.78, 5) is 19.5. The number of rotatable bonds is 5. The average Bonchev–Trinajstić information content (AvgIpc) is 2.58. The largest absolute Gasteiger partial charge is 2.00 e. The maximum Gasteiger partial charge on any atom is 2.00 e. The number of halogens is 4. The summed E-state index contributed by atoms with van der Waals surface area (Å²) in [6, 6.07) is 8.74. The molecule has 150 valence electrons. The normalized spacial score (nSPS) is 12.8. The van der Waals surface area contributed by atoms with Crippen LogP contribution in [0, 0.1) is 0 Å². The minimum absolute atomic E-state index is 0. The molecule has 0 atom stereocenters. The molecule has 1 aromatic rings. The zero-order valence-electron chi connectivity index (χ0n) is 15.3. The van der Waals surface area contributed by atoms with Crippen molar-refractivity contribution in [3.63, 3.8) is 0 Å². The molecule has 1 aromatic carbocycles. The van der Waals surface area contributed by atoms with Gasteiger partial charge in [0.25, 0.3) is 5.91 Å². The fourth-order valence-corrected chi connectivity index (χ4v) is 2.00. The van der Waals surface area contributed by atoms with E-state index in [1.165, 1.54) is 12.2 Å². The predicted molar refractivity (Wildman–Crippen MR) is 93.5 cm³/mol. The number of amides is 1. The molecule has 0 unspecified atom stereocenters. The summed E-state index contributed by atoms with van der Waals surface area (Å²) in [5.74, 6) is 0.300. The minimum Gasteiger partial charge on any atom is -1.00 e. The van der Waals surface area contributed by atoms with E-state index in [0.29, 0.717) is 36.0 Å². The third kappa shape index (κ3) is 9.33. The van der Waals surface area contributed by atoms with E-state index in [1.54, 1.807) is 24.3 Å². The van der Waals surface area contributed by atoms with Gasteiger partial charge in [-0.3, -0.25) is 4.79 Å². The van der Waals surface area contributed by atoms with Crippen molar-refractivity contribution in [3.05, 3.63) is 65.1 Å². The number of hydrogen-bond donors (Lipinski definition) is 0. The van der Waals surface area contributed by atoms with Gasteiger partial charge in [0, 0.05) is 11.6 Å². The number of nitrogens with zero attached hydrogens (tertiary/aromatic N) is 3. The van der Waals surface area contributed by atoms with Crippen LogP contribution in [0.2, 0.25) is 0 Å². The van der Waals surface area contributed by atoms with Crippen molar-refractivity contribution in [2.45, 2.75) is 13.8 Å². The Morgan fingerprint density at radius 3 is 2.04 bits per heavy atom. The van der Waals surface area contributed by atoms with Gasteiger partial charge in [0.1, 0.15) is 5.71 Å². The summed E-state index contributed by atoms with van der Waals surface area (Å²) in [6.45, 7) is 4.40. The van der Waals surface area contributed by atoms with Crippen LogP contribution in [0.15, 0.2) is 59.0 Å². The van der Waals surface area contributed by atoms with Crippen molar-refractivity contribution < 1.29 is 75.8 Å². The molecule has 0 radical (unpaired) electrons. The Kier molecular flexibility index (Phi) is 21.9. The molecule has 0 aromatic heterocycles. The van der Waals surface area contributed by atoms with Crippen LogP contribution in [0.3, 0.4) is 0 Å². The summed E-state index contributed by atoms with van der Waals surface area (Å²) in [5, 5.41) is 0. The molecule has 0 fully saturated rings. The second-order valence-electron chi connectivity index (χ2n) is 4.54. The molecule has 0 aliphatic heterocycles. The molecular weight excluding hydrogens is 501 g/mol. The van der Waals surface area contributed by atoms with Crippen LogP contribution in [-0.2, 0) is 29.0 Å². The van der Waals surface area contributed by atoms with Crippen LogP contribution >= 0.6 is 12.4 Å². The third-order valence-electron chi connectivity index (χ3n) is 2.99. The molecule has 0 saturated heterocycles. The standard InChI is InChI=1S/C17H17N3O3.4ClH.Zn/c1-3-22-15-11-14(20-18)16(23-4-2)10-13(15)19-17(21)12-8-6-5-7-9-12;;;;;/h5-11H,3-4H2,1-2H3;4*1H;/q;;;;;+2/p-3. The summed E-state index contributed by atoms with van der Waals surface area (Å²) in [6.07, 6.45) is 3.02. The smallest absolute Gasteiger partial charge is 1.00 e. The number of carbonyl (C=O) groups excluding carboxylic acids is 1. The van der Waals surface area contributed by atoms with Crippen molar-refractivity contribution >= 4 is 29.7 Å². The van der Waals surface area contributed by atoms with Gasteiger partial charge < -0.3 is 52.2 Å². The Balaban J connectivity index is -0.000000576. The zero-order chi connectivity index (χ0) is 16.7. The first kappa shape index (κ1) is 34.3. The van der Waals surface area contributed by atoms with Crippen LogP contribution in [0.4, 0.5) is 0 Å². The van der Waals surface area contributed by atoms with E-state index in [2.05, 4.69) is 9.78 Å². The minimum atomic E-state index is -0.386. The fraction of sp³-hybridized carbons (Fsp3) is 0.235. The number of ether oxygens (including phenoxy) is 2. The maximum absolute atomic E-state index is 12.3. The fourth-order valence-electron chi connectivity index (χ4n) is 2.00. The SMILES string of the molecule is CCOC1=CC(=[N+]=[N-])C(OCC)=CC1=NC(=O)c1ccccc1.Cl.[Cl-].[Cl-].[Cl-].[Zn+2]. The number of carbonyl (C=O) groups is 1. The number of allylic oxidation sites excluding steroid dienone is 2. The van der Waals surface area contributed by atoms with Crippen LogP contribution in [0.25, 0.3) is 5.53 Å². The summed E-state index contributed by atoms with van der Waals surface area (Å²) < 4.78 is 10.9. The topological polar surface area (TPSA) is 84.3 Å². The predicted octanol–water partition coefficient (Wildman–Crippen LogP) is -5.78. The Bertz CT molecular complexity index is 749. The molecule has 0 heterocycles. The van der Waals surface area contributed by atoms with Crippen molar-refractivity contribution in [1.82, 2.24) is 0 Å². The van der Waals surface area contributed by atoms with Gasteiger partial charge in [-0.15, -0.1) is 12.4 Å². The van der Waals surface area contributed by atoms with Gasteiger partial charge in [-0.2, -0.15) is 4.79 Å². The van der Waals surface area contributed by atoms with E-state index in [9.17, 15) is 4.79 Å². The molecule has 0 spiro atoms. The molecule has 1 aliphatic rings. The van der Waals surface area contributed by atoms with Crippen LogP contribution in [-0.4, -0.2) is 35.3 Å². The van der Waals surface area contributed by atoms with Gasteiger partial charge in [0.2, 0.25) is 5.76 Å². The molecule has 0 N–H and O–H groups in total. The molecular formula is C17H18Cl4N3O3Zn-. The molecule has 11 heteroatoms. The van der Waals surface area contributed by atoms with Gasteiger partial charge in [-0.1, -0.05) is 18.2 Å². The number of aliphatic imine (C=N–C) groups is 1. The maximum atomic E-state index is 12.3. The summed E-state index contributed by atoms with van der Waals surface area (Å²) in [7, 11) is 0. The molecule has 0 bridgehead atoms. The second-order valence-corrected chi connectivity index (χ2v) is 4.54. The van der Waals surface area contributed by atoms with E-state index in [-0.39, 0.29) is 80.7 Å². The first-order chi connectivity index (χ1) is 11.2. The summed E-state index contributed by atoms with van der Waals surface area (Å²) in [5.41, 5.74) is 10.1. The van der Waals surface area contributed by atoms with Crippen LogP contribution in [0.1, 0.15) is 24.2 Å². The van der Waals surface area contributed by atoms with Crippen molar-refractivity contribution in [1.29, 1.82) is 0 Å².